The molecule has 4 N–H and O–H groups in total. The maximum absolute atomic E-state index is 11.3. The molecule has 0 radical (unpaired) electrons. The summed E-state index contributed by atoms with van der Waals surface area (Å²) in [4.78, 5) is 48.9. The molecular formula is C22H33N3O8. The van der Waals surface area contributed by atoms with Crippen LogP contribution in [0.1, 0.15) is 30.9 Å². The third-order valence-electron chi connectivity index (χ3n) is 4.95. The van der Waals surface area contributed by atoms with Gasteiger partial charge in [0.25, 0.3) is 0 Å². The topological polar surface area (TPSA) is 159 Å². The van der Waals surface area contributed by atoms with Crippen LogP contribution in [0.5, 0.6) is 0 Å². The highest BCUT2D eigenvalue weighted by Crippen LogP contribution is 2.15. The number of rotatable bonds is 17. The number of nitrogens with zero attached hydrogens (tertiary/aromatic N) is 3. The van der Waals surface area contributed by atoms with Gasteiger partial charge in [-0.1, -0.05) is 38.1 Å². The normalized spacial score (nSPS) is 11.5. The minimum Gasteiger partial charge on any atom is -0.480 e. The molecule has 11 nitrogen and oxygen atoms in total. The van der Waals surface area contributed by atoms with Crippen molar-refractivity contribution in [3.8, 4) is 0 Å². The number of carboxylic acid groups (broad SMARTS) is 4. The van der Waals surface area contributed by atoms with E-state index in [0.29, 0.717) is 12.5 Å². The van der Waals surface area contributed by atoms with Crippen LogP contribution in [0.25, 0.3) is 0 Å². The SMILES string of the molecule is CC(C)c1ccc(CN(CCN(CCN(CC(=O)O)CC(=O)O)CC(=O)O)CC(=O)O)cc1. The molecule has 0 atom stereocenters. The molecule has 0 fully saturated rings. The number of hydrogen-bond donors (Lipinski definition) is 4. The Morgan fingerprint density at radius 2 is 1.00 bits per heavy atom. The summed E-state index contributed by atoms with van der Waals surface area (Å²) in [6, 6.07) is 7.87. The first kappa shape index (κ1) is 28.0. The Morgan fingerprint density at radius 3 is 1.42 bits per heavy atom. The van der Waals surface area contributed by atoms with Crippen molar-refractivity contribution in [1.29, 1.82) is 0 Å². The van der Waals surface area contributed by atoms with Crippen LogP contribution in [0.2, 0.25) is 0 Å². The van der Waals surface area contributed by atoms with Gasteiger partial charge in [0.05, 0.1) is 26.2 Å². The fraction of sp³-hybridized carbons (Fsp3) is 0.545. The summed E-state index contributed by atoms with van der Waals surface area (Å²) in [5, 5.41) is 36.4. The molecule has 0 aromatic heterocycles. The average molecular weight is 468 g/mol. The molecule has 0 aliphatic rings. The second-order valence-electron chi connectivity index (χ2n) is 8.17. The third kappa shape index (κ3) is 12.6. The van der Waals surface area contributed by atoms with Gasteiger partial charge in [-0.3, -0.25) is 33.9 Å². The highest BCUT2D eigenvalue weighted by Gasteiger charge is 2.18. The molecule has 1 aromatic rings. The third-order valence-corrected chi connectivity index (χ3v) is 4.95. The number of hydrogen-bond acceptors (Lipinski definition) is 7. The predicted molar refractivity (Wildman–Crippen MR) is 119 cm³/mol. The van der Waals surface area contributed by atoms with Crippen molar-refractivity contribution in [3.05, 3.63) is 35.4 Å². The molecule has 0 bridgehead atoms. The van der Waals surface area contributed by atoms with Crippen LogP contribution < -0.4 is 0 Å². The van der Waals surface area contributed by atoms with Crippen molar-refractivity contribution in [2.75, 3.05) is 52.4 Å². The monoisotopic (exact) mass is 467 g/mol. The molecule has 0 heterocycles. The Hall–Kier alpha value is -3.02. The van der Waals surface area contributed by atoms with E-state index >= 15 is 0 Å². The molecule has 0 amide bonds. The van der Waals surface area contributed by atoms with Crippen LogP contribution in [-0.2, 0) is 25.7 Å². The summed E-state index contributed by atoms with van der Waals surface area (Å²) >= 11 is 0. The first-order chi connectivity index (χ1) is 15.5. The lowest BCUT2D eigenvalue weighted by Crippen LogP contribution is -2.44. The van der Waals surface area contributed by atoms with Crippen molar-refractivity contribution in [3.63, 3.8) is 0 Å². The zero-order valence-electron chi connectivity index (χ0n) is 19.0. The van der Waals surface area contributed by atoms with Gasteiger partial charge in [0, 0.05) is 32.7 Å². The van der Waals surface area contributed by atoms with Gasteiger partial charge in [-0.15, -0.1) is 0 Å². The highest BCUT2D eigenvalue weighted by atomic mass is 16.4. The summed E-state index contributed by atoms with van der Waals surface area (Å²) < 4.78 is 0. The average Bonchev–Trinajstić information content (AvgIpc) is 2.68. The highest BCUT2D eigenvalue weighted by molar-refractivity contribution is 5.72. The lowest BCUT2D eigenvalue weighted by atomic mass is 10.0. The van der Waals surface area contributed by atoms with Gasteiger partial charge in [0.15, 0.2) is 0 Å². The molecule has 0 saturated heterocycles. The first-order valence-corrected chi connectivity index (χ1v) is 10.6. The second-order valence-corrected chi connectivity index (χ2v) is 8.17. The van der Waals surface area contributed by atoms with E-state index in [1.54, 1.807) is 4.90 Å². The van der Waals surface area contributed by atoms with Gasteiger partial charge in [0.1, 0.15) is 0 Å². The van der Waals surface area contributed by atoms with Crippen LogP contribution in [0.15, 0.2) is 24.3 Å². The summed E-state index contributed by atoms with van der Waals surface area (Å²) in [7, 11) is 0. The van der Waals surface area contributed by atoms with E-state index in [2.05, 4.69) is 13.8 Å². The summed E-state index contributed by atoms with van der Waals surface area (Å²) in [5.74, 6) is -4.09. The number of carbonyl (C=O) groups is 4. The molecule has 33 heavy (non-hydrogen) atoms. The summed E-state index contributed by atoms with van der Waals surface area (Å²) in [6.07, 6.45) is 0. The van der Waals surface area contributed by atoms with Crippen molar-refractivity contribution in [2.24, 2.45) is 0 Å². The zero-order valence-corrected chi connectivity index (χ0v) is 19.0. The predicted octanol–water partition coefficient (Wildman–Crippen LogP) is 0.554. The van der Waals surface area contributed by atoms with E-state index in [-0.39, 0.29) is 39.3 Å². The fourth-order valence-corrected chi connectivity index (χ4v) is 3.29. The zero-order chi connectivity index (χ0) is 25.0. The van der Waals surface area contributed by atoms with Gasteiger partial charge < -0.3 is 20.4 Å². The molecule has 1 rings (SSSR count). The number of carboxylic acids is 4. The van der Waals surface area contributed by atoms with Crippen LogP contribution in [0.3, 0.4) is 0 Å². The molecule has 11 heteroatoms. The van der Waals surface area contributed by atoms with E-state index in [0.717, 1.165) is 5.56 Å². The summed E-state index contributed by atoms with van der Waals surface area (Å²) in [5.41, 5.74) is 2.10. The molecule has 1 aromatic carbocycles. The summed E-state index contributed by atoms with van der Waals surface area (Å²) in [6.45, 7) is 3.66. The minimum absolute atomic E-state index is 0.0431. The number of benzene rings is 1. The maximum Gasteiger partial charge on any atom is 0.317 e. The lowest BCUT2D eigenvalue weighted by molar-refractivity contribution is -0.143. The largest absolute Gasteiger partial charge is 0.480 e. The number of aliphatic carboxylic acids is 4. The Labute approximate surface area is 192 Å². The molecule has 0 spiro atoms. The van der Waals surface area contributed by atoms with E-state index in [9.17, 15) is 29.4 Å². The van der Waals surface area contributed by atoms with Gasteiger partial charge in [-0.05, 0) is 17.0 Å². The van der Waals surface area contributed by atoms with Crippen molar-refractivity contribution in [1.82, 2.24) is 14.7 Å². The first-order valence-electron chi connectivity index (χ1n) is 10.6. The van der Waals surface area contributed by atoms with Crippen LogP contribution in [0.4, 0.5) is 0 Å². The fourth-order valence-electron chi connectivity index (χ4n) is 3.29. The molecule has 0 unspecified atom stereocenters. The second kappa shape index (κ2) is 14.2. The van der Waals surface area contributed by atoms with E-state index in [4.69, 9.17) is 10.2 Å². The van der Waals surface area contributed by atoms with Crippen LogP contribution in [-0.4, -0.2) is 111 Å². The lowest BCUT2D eigenvalue weighted by Gasteiger charge is -2.28. The van der Waals surface area contributed by atoms with Crippen molar-refractivity contribution < 1.29 is 39.6 Å². The van der Waals surface area contributed by atoms with Gasteiger partial charge in [-0.2, -0.15) is 0 Å². The van der Waals surface area contributed by atoms with E-state index < -0.39 is 37.0 Å². The van der Waals surface area contributed by atoms with E-state index in [1.165, 1.54) is 15.4 Å². The molecule has 0 aliphatic carbocycles. The van der Waals surface area contributed by atoms with Crippen molar-refractivity contribution in [2.45, 2.75) is 26.3 Å². The van der Waals surface area contributed by atoms with Gasteiger partial charge in [-0.25, -0.2) is 0 Å². The quantitative estimate of drug-likeness (QED) is 0.253. The Morgan fingerprint density at radius 1 is 0.636 bits per heavy atom. The van der Waals surface area contributed by atoms with Crippen molar-refractivity contribution >= 4 is 23.9 Å². The van der Waals surface area contributed by atoms with Crippen LogP contribution >= 0.6 is 0 Å². The standard InChI is InChI=1S/C22H33N3O8/c1-16(2)18-5-3-17(4-6-18)11-24(13-20(28)29)9-7-23(12-19(26)27)8-10-25(14-21(30)31)15-22(32)33/h3-6,16H,7-15H2,1-2H3,(H,26,27)(H,28,29)(H,30,31)(H,32,33). The van der Waals surface area contributed by atoms with Gasteiger partial charge >= 0.3 is 23.9 Å². The molecule has 184 valence electrons. The van der Waals surface area contributed by atoms with Gasteiger partial charge in [0.2, 0.25) is 0 Å². The molecular weight excluding hydrogens is 434 g/mol. The maximum atomic E-state index is 11.3. The molecule has 0 aliphatic heterocycles. The van der Waals surface area contributed by atoms with Crippen LogP contribution in [0, 0.1) is 0 Å². The Bertz CT molecular complexity index is 781. The smallest absolute Gasteiger partial charge is 0.317 e. The van der Waals surface area contributed by atoms with E-state index in [1.807, 2.05) is 24.3 Å². The Balaban J connectivity index is 2.79. The molecule has 0 saturated carbocycles. The minimum atomic E-state index is -1.18. The Kier molecular flexibility index (Phi) is 12.0.